The van der Waals surface area contributed by atoms with Crippen LogP contribution >= 0.6 is 0 Å². The van der Waals surface area contributed by atoms with E-state index >= 15 is 0 Å². The number of hydrogen-bond donors (Lipinski definition) is 3. The number of carbonyl (C=O) groups is 3. The van der Waals surface area contributed by atoms with Crippen molar-refractivity contribution in [2.45, 2.75) is 51.5 Å². The van der Waals surface area contributed by atoms with Gasteiger partial charge in [-0.25, -0.2) is 14.6 Å². The summed E-state index contributed by atoms with van der Waals surface area (Å²) in [5, 5.41) is 17.9. The molecule has 12 nitrogen and oxygen atoms in total. The van der Waals surface area contributed by atoms with Crippen LogP contribution in [0, 0.1) is 0 Å². The number of amides is 2. The number of rotatable bonds is 7. The van der Waals surface area contributed by atoms with Gasteiger partial charge >= 0.3 is 12.1 Å². The lowest BCUT2D eigenvalue weighted by molar-refractivity contribution is -0.157. The first kappa shape index (κ1) is 36.2. The molecule has 0 saturated heterocycles. The van der Waals surface area contributed by atoms with Crippen molar-refractivity contribution in [3.63, 3.8) is 0 Å². The van der Waals surface area contributed by atoms with Gasteiger partial charge in [-0.3, -0.25) is 14.6 Å². The summed E-state index contributed by atoms with van der Waals surface area (Å²) in [7, 11) is 0. The SMILES string of the molecule is CCc1c2c(nc3ccc4ncc(-c5ccc(NC(=O)C(C)NC(=O)OCC6c7ccccc7-c7ccccc76)cc5)cc4c13)-c1cc3c(c(=O)n1C2)COC(=O)C3O. The molecule has 59 heavy (non-hydrogen) atoms. The largest absolute Gasteiger partial charge is 0.458 e. The fraction of sp³-hybridized carbons (Fsp3) is 0.191. The van der Waals surface area contributed by atoms with E-state index in [-0.39, 0.29) is 41.7 Å². The molecular formula is C47H37N5O7. The topological polar surface area (TPSA) is 162 Å². The van der Waals surface area contributed by atoms with Crippen molar-refractivity contribution in [1.82, 2.24) is 19.9 Å². The molecule has 0 fully saturated rings. The molecule has 3 aromatic heterocycles. The van der Waals surface area contributed by atoms with Crippen molar-refractivity contribution < 1.29 is 29.0 Å². The van der Waals surface area contributed by atoms with E-state index in [9.17, 15) is 24.3 Å². The van der Waals surface area contributed by atoms with E-state index in [1.165, 1.54) is 0 Å². The molecule has 2 atom stereocenters. The number of cyclic esters (lactones) is 1. The number of esters is 1. The van der Waals surface area contributed by atoms with E-state index in [1.54, 1.807) is 29.7 Å². The Morgan fingerprint density at radius 1 is 0.898 bits per heavy atom. The van der Waals surface area contributed by atoms with Gasteiger partial charge < -0.3 is 29.8 Å². The van der Waals surface area contributed by atoms with Crippen LogP contribution in [0.2, 0.25) is 0 Å². The van der Waals surface area contributed by atoms with Gasteiger partial charge in [0.15, 0.2) is 6.10 Å². The van der Waals surface area contributed by atoms with Crippen LogP contribution in [0.5, 0.6) is 0 Å². The lowest BCUT2D eigenvalue weighted by Crippen LogP contribution is -2.42. The number of nitrogens with zero attached hydrogens (tertiary/aromatic N) is 3. The van der Waals surface area contributed by atoms with Crippen LogP contribution in [0.3, 0.4) is 0 Å². The van der Waals surface area contributed by atoms with Crippen LogP contribution < -0.4 is 16.2 Å². The number of aliphatic hydroxyl groups excluding tert-OH is 1. The van der Waals surface area contributed by atoms with E-state index in [4.69, 9.17) is 19.4 Å². The van der Waals surface area contributed by atoms with Crippen LogP contribution in [0.15, 0.2) is 108 Å². The number of hydrogen-bond acceptors (Lipinski definition) is 9. The van der Waals surface area contributed by atoms with Gasteiger partial charge in [-0.2, -0.15) is 0 Å². The highest BCUT2D eigenvalue weighted by Gasteiger charge is 2.35. The second-order valence-corrected chi connectivity index (χ2v) is 15.1. The number of anilines is 1. The molecule has 0 saturated carbocycles. The minimum absolute atomic E-state index is 0.0866. The molecule has 4 aromatic carbocycles. The maximum absolute atomic E-state index is 13.6. The quantitative estimate of drug-likeness (QED) is 0.113. The first-order valence-corrected chi connectivity index (χ1v) is 19.6. The van der Waals surface area contributed by atoms with Crippen molar-refractivity contribution in [2.75, 3.05) is 11.9 Å². The molecule has 0 spiro atoms. The Labute approximate surface area is 337 Å². The molecule has 7 aromatic rings. The number of nitrogens with one attached hydrogen (secondary N) is 2. The summed E-state index contributed by atoms with van der Waals surface area (Å²) in [6.07, 6.45) is 0.287. The zero-order valence-corrected chi connectivity index (χ0v) is 32.1. The predicted molar refractivity (Wildman–Crippen MR) is 222 cm³/mol. The lowest BCUT2D eigenvalue weighted by Gasteiger charge is -2.21. The maximum Gasteiger partial charge on any atom is 0.407 e. The zero-order chi connectivity index (χ0) is 40.5. The van der Waals surface area contributed by atoms with Gasteiger partial charge in [0.05, 0.1) is 34.5 Å². The minimum Gasteiger partial charge on any atom is -0.458 e. The Morgan fingerprint density at radius 3 is 2.34 bits per heavy atom. The Balaban J connectivity index is 0.856. The van der Waals surface area contributed by atoms with E-state index < -0.39 is 24.2 Å². The zero-order valence-electron chi connectivity index (χ0n) is 32.1. The van der Waals surface area contributed by atoms with E-state index in [0.717, 1.165) is 66.3 Å². The Kier molecular flexibility index (Phi) is 8.60. The van der Waals surface area contributed by atoms with Crippen LogP contribution in [0.4, 0.5) is 10.5 Å². The van der Waals surface area contributed by atoms with Gasteiger partial charge in [-0.05, 0) is 83.1 Å². The number of benzene rings is 4. The summed E-state index contributed by atoms with van der Waals surface area (Å²) in [4.78, 5) is 61.6. The number of fused-ring (bicyclic) bond motifs is 10. The smallest absolute Gasteiger partial charge is 0.407 e. The minimum atomic E-state index is -1.52. The van der Waals surface area contributed by atoms with E-state index in [1.807, 2.05) is 54.7 Å². The number of pyridine rings is 3. The van der Waals surface area contributed by atoms with Crippen LogP contribution in [0.25, 0.3) is 55.4 Å². The average Bonchev–Trinajstić information content (AvgIpc) is 3.79. The highest BCUT2D eigenvalue weighted by atomic mass is 16.6. The fourth-order valence-electron chi connectivity index (χ4n) is 8.85. The standard InChI is InChI=1S/C47H37N5O7/c1-3-28-35-21-52-40(19-33-37(45(52)55)23-58-46(56)43(33)53)42(35)51-39-17-16-38-34(41(28)39)18-26(20-48-38)25-12-14-27(15-13-25)50-44(54)24(2)49-47(57)59-22-36-31-10-6-4-8-29(31)30-9-5-7-11-32(30)36/h4-20,24,36,43,53H,3,21-23H2,1-2H3,(H,49,57)(H,50,54). The second-order valence-electron chi connectivity index (χ2n) is 15.1. The van der Waals surface area contributed by atoms with Crippen molar-refractivity contribution in [2.24, 2.45) is 0 Å². The Hall–Kier alpha value is -7.18. The molecule has 3 N–H and O–H groups in total. The molecule has 0 bridgehead atoms. The van der Waals surface area contributed by atoms with Gasteiger partial charge in [-0.15, -0.1) is 0 Å². The number of ether oxygens (including phenoxy) is 2. The van der Waals surface area contributed by atoms with Gasteiger partial charge in [0.1, 0.15) is 19.3 Å². The van der Waals surface area contributed by atoms with E-state index in [2.05, 4.69) is 47.9 Å². The van der Waals surface area contributed by atoms with Crippen LogP contribution in [-0.2, 0) is 38.6 Å². The van der Waals surface area contributed by atoms with Crippen LogP contribution in [-0.4, -0.2) is 50.3 Å². The maximum atomic E-state index is 13.6. The molecular weight excluding hydrogens is 747 g/mol. The highest BCUT2D eigenvalue weighted by molar-refractivity contribution is 6.09. The summed E-state index contributed by atoms with van der Waals surface area (Å²) >= 11 is 0. The molecule has 292 valence electrons. The molecule has 3 aliphatic rings. The number of aliphatic hydroxyl groups is 1. The number of alkyl carbamates (subject to hydrolysis) is 1. The molecule has 5 heterocycles. The monoisotopic (exact) mass is 783 g/mol. The summed E-state index contributed by atoms with van der Waals surface area (Å²) in [5.74, 6) is -1.25. The van der Waals surface area contributed by atoms with Crippen molar-refractivity contribution in [3.8, 4) is 33.6 Å². The number of aryl methyl sites for hydroxylation is 1. The molecule has 1 aliphatic carbocycles. The third kappa shape index (κ3) is 5.94. The van der Waals surface area contributed by atoms with Gasteiger partial charge in [0.2, 0.25) is 5.91 Å². The lowest BCUT2D eigenvalue weighted by atomic mass is 9.94. The number of aromatic nitrogens is 3. The molecule has 2 unspecified atom stereocenters. The first-order chi connectivity index (χ1) is 28.7. The van der Waals surface area contributed by atoms with Gasteiger partial charge in [0.25, 0.3) is 5.56 Å². The molecule has 2 aliphatic heterocycles. The molecule has 10 rings (SSSR count). The summed E-state index contributed by atoms with van der Waals surface area (Å²) in [6, 6.07) is 30.4. The molecule has 2 amide bonds. The third-order valence-electron chi connectivity index (χ3n) is 11.8. The molecule has 12 heteroatoms. The predicted octanol–water partition coefficient (Wildman–Crippen LogP) is 7.16. The highest BCUT2D eigenvalue weighted by Crippen LogP contribution is 2.45. The summed E-state index contributed by atoms with van der Waals surface area (Å²) in [6.45, 7) is 3.96. The average molecular weight is 784 g/mol. The van der Waals surface area contributed by atoms with Crippen molar-refractivity contribution in [1.29, 1.82) is 0 Å². The Bertz CT molecular complexity index is 2950. The second kappa shape index (κ2) is 14.0. The molecule has 0 radical (unpaired) electrons. The summed E-state index contributed by atoms with van der Waals surface area (Å²) < 4.78 is 12.3. The van der Waals surface area contributed by atoms with Gasteiger partial charge in [0, 0.05) is 45.3 Å². The summed E-state index contributed by atoms with van der Waals surface area (Å²) in [5.41, 5.74) is 11.8. The van der Waals surface area contributed by atoms with Crippen molar-refractivity contribution in [3.05, 3.63) is 147 Å². The first-order valence-electron chi connectivity index (χ1n) is 19.6. The number of carbonyl (C=O) groups excluding carboxylic acids is 3. The normalized spacial score (nSPS) is 15.4. The fourth-order valence-corrected chi connectivity index (χ4v) is 8.85. The van der Waals surface area contributed by atoms with E-state index in [0.29, 0.717) is 30.0 Å². The third-order valence-corrected chi connectivity index (χ3v) is 11.8. The van der Waals surface area contributed by atoms with Gasteiger partial charge in [-0.1, -0.05) is 67.6 Å². The van der Waals surface area contributed by atoms with Crippen LogP contribution in [0.1, 0.15) is 59.3 Å². The van der Waals surface area contributed by atoms with Crippen molar-refractivity contribution >= 4 is 45.5 Å². The Morgan fingerprint density at radius 2 is 1.61 bits per heavy atom.